The fourth-order valence-corrected chi connectivity index (χ4v) is 2.69. The van der Waals surface area contributed by atoms with E-state index in [1.54, 1.807) is 0 Å². The maximum Gasteiger partial charge on any atom is 0.234 e. The first kappa shape index (κ1) is 17.4. The van der Waals surface area contributed by atoms with Gasteiger partial charge in [0.2, 0.25) is 5.91 Å². The Morgan fingerprint density at radius 2 is 1.90 bits per heavy atom. The summed E-state index contributed by atoms with van der Waals surface area (Å²) in [5.74, 6) is 0.971. The number of rotatable bonds is 8. The molecule has 1 N–H and O–H groups in total. The highest BCUT2D eigenvalue weighted by atomic mass is 16.5. The van der Waals surface area contributed by atoms with Gasteiger partial charge in [-0.15, -0.1) is 0 Å². The summed E-state index contributed by atoms with van der Waals surface area (Å²) in [5.41, 5.74) is 0. The van der Waals surface area contributed by atoms with Crippen LogP contribution in [-0.4, -0.2) is 49.2 Å². The summed E-state index contributed by atoms with van der Waals surface area (Å²) in [4.78, 5) is 14.0. The van der Waals surface area contributed by atoms with E-state index in [1.807, 2.05) is 13.8 Å². The highest BCUT2D eigenvalue weighted by Crippen LogP contribution is 2.21. The van der Waals surface area contributed by atoms with Gasteiger partial charge >= 0.3 is 0 Å². The normalized spacial score (nSPS) is 17.9. The lowest BCUT2D eigenvalue weighted by Gasteiger charge is -2.31. The largest absolute Gasteiger partial charge is 0.379 e. The lowest BCUT2D eigenvalue weighted by molar-refractivity contribution is -0.123. The second-order valence-corrected chi connectivity index (χ2v) is 6.50. The Kier molecular flexibility index (Phi) is 8.15. The molecule has 1 rings (SSSR count). The summed E-state index contributed by atoms with van der Waals surface area (Å²) in [6.07, 6.45) is 5.21. The Labute approximate surface area is 124 Å². The maximum atomic E-state index is 11.7. The van der Waals surface area contributed by atoms with Gasteiger partial charge in [-0.25, -0.2) is 0 Å². The third kappa shape index (κ3) is 7.85. The minimum absolute atomic E-state index is 0.156. The molecule has 1 saturated heterocycles. The molecule has 4 nitrogen and oxygen atoms in total. The highest BCUT2D eigenvalue weighted by molar-refractivity contribution is 5.78. The predicted molar refractivity (Wildman–Crippen MR) is 82.8 cm³/mol. The van der Waals surface area contributed by atoms with Crippen molar-refractivity contribution in [1.82, 2.24) is 10.2 Å². The van der Waals surface area contributed by atoms with Crippen LogP contribution in [0, 0.1) is 5.92 Å². The van der Waals surface area contributed by atoms with Crippen LogP contribution in [-0.2, 0) is 9.53 Å². The number of ether oxygens (including phenoxy) is 1. The molecule has 1 fully saturated rings. The number of carbonyl (C=O) groups is 1. The van der Waals surface area contributed by atoms with Gasteiger partial charge in [0.15, 0.2) is 0 Å². The highest BCUT2D eigenvalue weighted by Gasteiger charge is 2.20. The number of likely N-dealkylation sites (tertiary alicyclic amines) is 1. The fourth-order valence-electron chi connectivity index (χ4n) is 2.69. The lowest BCUT2D eigenvalue weighted by atomic mass is 9.92. The van der Waals surface area contributed by atoms with Gasteiger partial charge in [-0.2, -0.15) is 0 Å². The van der Waals surface area contributed by atoms with E-state index in [4.69, 9.17) is 4.74 Å². The van der Waals surface area contributed by atoms with Gasteiger partial charge < -0.3 is 10.1 Å². The standard InChI is InChI=1S/C16H32N2O2/c1-13(2)17-16(19)12-18-9-7-15(8-10-18)6-5-11-20-14(3)4/h13-15H,5-12H2,1-4H3,(H,17,19). The third-order valence-electron chi connectivity index (χ3n) is 3.73. The molecule has 4 heteroatoms. The van der Waals surface area contributed by atoms with Crippen LogP contribution < -0.4 is 5.32 Å². The second kappa shape index (κ2) is 9.35. The van der Waals surface area contributed by atoms with Crippen molar-refractivity contribution in [3.05, 3.63) is 0 Å². The molecule has 0 saturated carbocycles. The average Bonchev–Trinajstić information content (AvgIpc) is 2.35. The quantitative estimate of drug-likeness (QED) is 0.696. The molecule has 0 aromatic heterocycles. The van der Waals surface area contributed by atoms with E-state index >= 15 is 0 Å². The summed E-state index contributed by atoms with van der Waals surface area (Å²) >= 11 is 0. The molecule has 20 heavy (non-hydrogen) atoms. The predicted octanol–water partition coefficient (Wildman–Crippen LogP) is 2.43. The van der Waals surface area contributed by atoms with Crippen LogP contribution in [0.15, 0.2) is 0 Å². The van der Waals surface area contributed by atoms with Crippen LogP contribution >= 0.6 is 0 Å². The molecule has 0 aromatic rings. The minimum Gasteiger partial charge on any atom is -0.379 e. The lowest BCUT2D eigenvalue weighted by Crippen LogP contribution is -2.43. The third-order valence-corrected chi connectivity index (χ3v) is 3.73. The number of hydrogen-bond donors (Lipinski definition) is 1. The van der Waals surface area contributed by atoms with E-state index in [0.717, 1.165) is 32.0 Å². The van der Waals surface area contributed by atoms with E-state index in [2.05, 4.69) is 24.1 Å². The first-order valence-corrected chi connectivity index (χ1v) is 8.10. The molecule has 0 atom stereocenters. The molecule has 0 spiro atoms. The molecule has 118 valence electrons. The van der Waals surface area contributed by atoms with E-state index in [9.17, 15) is 4.79 Å². The van der Waals surface area contributed by atoms with Crippen molar-refractivity contribution in [2.24, 2.45) is 5.92 Å². The smallest absolute Gasteiger partial charge is 0.234 e. The maximum absolute atomic E-state index is 11.7. The minimum atomic E-state index is 0.156. The van der Waals surface area contributed by atoms with Crippen LogP contribution in [0.1, 0.15) is 53.4 Å². The van der Waals surface area contributed by atoms with Crippen LogP contribution in [0.25, 0.3) is 0 Å². The zero-order chi connectivity index (χ0) is 15.0. The number of piperidine rings is 1. The number of nitrogens with zero attached hydrogens (tertiary/aromatic N) is 1. The van der Waals surface area contributed by atoms with Crippen LogP contribution in [0.5, 0.6) is 0 Å². The molecule has 0 bridgehead atoms. The van der Waals surface area contributed by atoms with Gasteiger partial charge in [0.1, 0.15) is 0 Å². The molecule has 0 radical (unpaired) electrons. The summed E-state index contributed by atoms with van der Waals surface area (Å²) in [6.45, 7) is 11.7. The Bertz CT molecular complexity index is 272. The van der Waals surface area contributed by atoms with Gasteiger partial charge in [-0.1, -0.05) is 0 Å². The van der Waals surface area contributed by atoms with Crippen LogP contribution in [0.2, 0.25) is 0 Å². The van der Waals surface area contributed by atoms with Crippen LogP contribution in [0.3, 0.4) is 0 Å². The Hall–Kier alpha value is -0.610. The summed E-state index contributed by atoms with van der Waals surface area (Å²) in [5, 5.41) is 2.96. The Balaban J connectivity index is 2.09. The Morgan fingerprint density at radius 1 is 1.25 bits per heavy atom. The van der Waals surface area contributed by atoms with Crippen LogP contribution in [0.4, 0.5) is 0 Å². The van der Waals surface area contributed by atoms with E-state index in [-0.39, 0.29) is 11.9 Å². The Morgan fingerprint density at radius 3 is 2.45 bits per heavy atom. The molecule has 1 aliphatic rings. The molecule has 1 aliphatic heterocycles. The number of amides is 1. The summed E-state index contributed by atoms with van der Waals surface area (Å²) in [6, 6.07) is 0.237. The van der Waals surface area contributed by atoms with Gasteiger partial charge in [0.05, 0.1) is 12.6 Å². The second-order valence-electron chi connectivity index (χ2n) is 6.50. The molecular weight excluding hydrogens is 252 g/mol. The zero-order valence-electron chi connectivity index (χ0n) is 13.7. The number of hydrogen-bond acceptors (Lipinski definition) is 3. The van der Waals surface area contributed by atoms with Crippen molar-refractivity contribution in [3.8, 4) is 0 Å². The summed E-state index contributed by atoms with van der Waals surface area (Å²) in [7, 11) is 0. The first-order valence-electron chi connectivity index (χ1n) is 8.10. The number of carbonyl (C=O) groups excluding carboxylic acids is 1. The monoisotopic (exact) mass is 284 g/mol. The van der Waals surface area contributed by atoms with Crippen molar-refractivity contribution in [3.63, 3.8) is 0 Å². The molecular formula is C16H32N2O2. The van der Waals surface area contributed by atoms with E-state index in [1.165, 1.54) is 19.3 Å². The van der Waals surface area contributed by atoms with Crippen molar-refractivity contribution < 1.29 is 9.53 Å². The topological polar surface area (TPSA) is 41.6 Å². The van der Waals surface area contributed by atoms with Gasteiger partial charge in [-0.3, -0.25) is 9.69 Å². The molecule has 0 aliphatic carbocycles. The number of nitrogens with one attached hydrogen (secondary N) is 1. The first-order chi connectivity index (χ1) is 9.47. The van der Waals surface area contributed by atoms with Gasteiger partial charge in [-0.05, 0) is 72.4 Å². The zero-order valence-corrected chi connectivity index (χ0v) is 13.7. The van der Waals surface area contributed by atoms with Crippen molar-refractivity contribution in [2.75, 3.05) is 26.2 Å². The average molecular weight is 284 g/mol. The SMILES string of the molecule is CC(C)NC(=O)CN1CCC(CCCOC(C)C)CC1. The van der Waals surface area contributed by atoms with E-state index in [0.29, 0.717) is 12.6 Å². The molecule has 0 unspecified atom stereocenters. The van der Waals surface area contributed by atoms with Gasteiger partial charge in [0.25, 0.3) is 0 Å². The van der Waals surface area contributed by atoms with Crippen molar-refractivity contribution in [2.45, 2.75) is 65.5 Å². The van der Waals surface area contributed by atoms with E-state index < -0.39 is 0 Å². The molecule has 1 heterocycles. The van der Waals surface area contributed by atoms with Crippen molar-refractivity contribution in [1.29, 1.82) is 0 Å². The fraction of sp³-hybridized carbons (Fsp3) is 0.938. The summed E-state index contributed by atoms with van der Waals surface area (Å²) < 4.78 is 5.58. The molecule has 1 amide bonds. The van der Waals surface area contributed by atoms with Crippen molar-refractivity contribution >= 4 is 5.91 Å². The molecule has 0 aromatic carbocycles. The van der Waals surface area contributed by atoms with Gasteiger partial charge in [0, 0.05) is 12.6 Å².